The van der Waals surface area contributed by atoms with Crippen LogP contribution in [0.25, 0.3) is 0 Å². The summed E-state index contributed by atoms with van der Waals surface area (Å²) >= 11 is 0. The zero-order valence-corrected chi connectivity index (χ0v) is 12.6. The molecule has 6 heteroatoms. The van der Waals surface area contributed by atoms with Gasteiger partial charge in [0.05, 0.1) is 12.0 Å². The first-order valence-electron chi connectivity index (χ1n) is 7.59. The monoisotopic (exact) mass is 307 g/mol. The predicted octanol–water partition coefficient (Wildman–Crippen LogP) is 1.79. The number of amides is 2. The van der Waals surface area contributed by atoms with E-state index < -0.39 is 11.9 Å². The molecule has 1 saturated carbocycles. The molecule has 0 aromatic heterocycles. The van der Waals surface area contributed by atoms with Crippen molar-refractivity contribution in [1.29, 1.82) is 0 Å². The first-order chi connectivity index (χ1) is 10.5. The lowest BCUT2D eigenvalue weighted by Crippen LogP contribution is -2.51. The van der Waals surface area contributed by atoms with Crippen LogP contribution in [0.2, 0.25) is 0 Å². The maximum Gasteiger partial charge on any atom is 0.241 e. The standard InChI is InChI=1S/C16H22FN3O2/c1-10(16(22)20-12-6-4-5-11(17)9-12)19-14-8-3-2-7-13(14)15(18)21/h4-6,9-10,13-14,19H,2-3,7-8H2,1H3,(H2,18,21)(H,20,22)/t10-,13+,14-/m0/s1. The van der Waals surface area contributed by atoms with E-state index in [1.165, 1.54) is 18.2 Å². The van der Waals surface area contributed by atoms with Crippen LogP contribution in [0, 0.1) is 11.7 Å². The maximum absolute atomic E-state index is 13.1. The SMILES string of the molecule is C[C@H](N[C@H]1CCCC[C@H]1C(N)=O)C(=O)Nc1cccc(F)c1. The fourth-order valence-electron chi connectivity index (χ4n) is 2.88. The maximum atomic E-state index is 13.1. The number of benzene rings is 1. The van der Waals surface area contributed by atoms with Crippen LogP contribution in [-0.2, 0) is 9.59 Å². The number of rotatable bonds is 5. The molecule has 1 aliphatic carbocycles. The Bertz CT molecular complexity index is 550. The molecule has 2 amide bonds. The largest absolute Gasteiger partial charge is 0.369 e. The van der Waals surface area contributed by atoms with Crippen molar-refractivity contribution in [2.75, 3.05) is 5.32 Å². The Kier molecular flexibility index (Phi) is 5.49. The minimum absolute atomic E-state index is 0.0838. The molecular formula is C16H22FN3O2. The number of hydrogen-bond acceptors (Lipinski definition) is 3. The molecule has 1 fully saturated rings. The molecule has 22 heavy (non-hydrogen) atoms. The molecule has 0 heterocycles. The van der Waals surface area contributed by atoms with E-state index in [2.05, 4.69) is 10.6 Å². The van der Waals surface area contributed by atoms with Crippen molar-refractivity contribution in [3.05, 3.63) is 30.1 Å². The Hall–Kier alpha value is -1.95. The molecule has 3 atom stereocenters. The molecule has 0 spiro atoms. The van der Waals surface area contributed by atoms with Crippen molar-refractivity contribution in [3.8, 4) is 0 Å². The average molecular weight is 307 g/mol. The van der Waals surface area contributed by atoms with Gasteiger partial charge in [-0.25, -0.2) is 4.39 Å². The highest BCUT2D eigenvalue weighted by atomic mass is 19.1. The van der Waals surface area contributed by atoms with Gasteiger partial charge in [-0.05, 0) is 38.0 Å². The molecule has 0 radical (unpaired) electrons. The smallest absolute Gasteiger partial charge is 0.241 e. The minimum Gasteiger partial charge on any atom is -0.369 e. The molecule has 1 aromatic rings. The number of nitrogens with two attached hydrogens (primary N) is 1. The second-order valence-electron chi connectivity index (χ2n) is 5.79. The summed E-state index contributed by atoms with van der Waals surface area (Å²) in [5.41, 5.74) is 5.84. The normalized spacial score (nSPS) is 22.8. The van der Waals surface area contributed by atoms with Gasteiger partial charge < -0.3 is 16.4 Å². The number of nitrogens with one attached hydrogen (secondary N) is 2. The number of hydrogen-bond donors (Lipinski definition) is 3. The van der Waals surface area contributed by atoms with E-state index in [4.69, 9.17) is 5.73 Å². The lowest BCUT2D eigenvalue weighted by Gasteiger charge is -2.32. The number of carbonyl (C=O) groups excluding carboxylic acids is 2. The molecule has 120 valence electrons. The van der Waals surface area contributed by atoms with Gasteiger partial charge in [0, 0.05) is 11.7 Å². The first kappa shape index (κ1) is 16.4. The first-order valence-corrected chi connectivity index (χ1v) is 7.59. The van der Waals surface area contributed by atoms with Crippen molar-refractivity contribution in [2.45, 2.75) is 44.7 Å². The third-order valence-electron chi connectivity index (χ3n) is 4.08. The summed E-state index contributed by atoms with van der Waals surface area (Å²) in [5, 5.41) is 5.84. The van der Waals surface area contributed by atoms with Crippen LogP contribution >= 0.6 is 0 Å². The average Bonchev–Trinajstić information content (AvgIpc) is 2.47. The van der Waals surface area contributed by atoms with Crippen LogP contribution in [0.15, 0.2) is 24.3 Å². The topological polar surface area (TPSA) is 84.2 Å². The van der Waals surface area contributed by atoms with Gasteiger partial charge in [0.15, 0.2) is 0 Å². The minimum atomic E-state index is -0.492. The Morgan fingerprint density at radius 1 is 1.32 bits per heavy atom. The van der Waals surface area contributed by atoms with E-state index in [9.17, 15) is 14.0 Å². The van der Waals surface area contributed by atoms with Gasteiger partial charge in [0.1, 0.15) is 5.82 Å². The van der Waals surface area contributed by atoms with Gasteiger partial charge in [-0.3, -0.25) is 9.59 Å². The van der Waals surface area contributed by atoms with E-state index in [1.54, 1.807) is 13.0 Å². The van der Waals surface area contributed by atoms with E-state index in [0.717, 1.165) is 25.7 Å². The van der Waals surface area contributed by atoms with Crippen molar-refractivity contribution in [1.82, 2.24) is 5.32 Å². The van der Waals surface area contributed by atoms with E-state index in [1.807, 2.05) is 0 Å². The van der Waals surface area contributed by atoms with Crippen LogP contribution in [0.1, 0.15) is 32.6 Å². The summed E-state index contributed by atoms with van der Waals surface area (Å²) in [6.45, 7) is 1.72. The van der Waals surface area contributed by atoms with Crippen LogP contribution in [-0.4, -0.2) is 23.9 Å². The van der Waals surface area contributed by atoms with Crippen molar-refractivity contribution in [2.24, 2.45) is 11.7 Å². The molecule has 5 nitrogen and oxygen atoms in total. The van der Waals surface area contributed by atoms with Gasteiger partial charge in [-0.1, -0.05) is 18.9 Å². The van der Waals surface area contributed by atoms with Gasteiger partial charge in [-0.15, -0.1) is 0 Å². The second kappa shape index (κ2) is 7.35. The molecule has 0 aliphatic heterocycles. The molecule has 0 saturated heterocycles. The Morgan fingerprint density at radius 3 is 2.73 bits per heavy atom. The van der Waals surface area contributed by atoms with E-state index in [0.29, 0.717) is 5.69 Å². The Balaban J connectivity index is 1.94. The fourth-order valence-corrected chi connectivity index (χ4v) is 2.88. The zero-order chi connectivity index (χ0) is 16.1. The third kappa shape index (κ3) is 4.27. The molecule has 2 rings (SSSR count). The molecule has 0 bridgehead atoms. The summed E-state index contributed by atoms with van der Waals surface area (Å²) in [7, 11) is 0. The predicted molar refractivity (Wildman–Crippen MR) is 82.6 cm³/mol. The quantitative estimate of drug-likeness (QED) is 0.775. The molecule has 1 aromatic carbocycles. The highest BCUT2D eigenvalue weighted by Crippen LogP contribution is 2.24. The summed E-state index contributed by atoms with van der Waals surface area (Å²) in [5.74, 6) is -1.23. The number of anilines is 1. The number of halogens is 1. The summed E-state index contributed by atoms with van der Waals surface area (Å²) in [6, 6.07) is 5.16. The van der Waals surface area contributed by atoms with Gasteiger partial charge in [-0.2, -0.15) is 0 Å². The van der Waals surface area contributed by atoms with E-state index >= 15 is 0 Å². The summed E-state index contributed by atoms with van der Waals surface area (Å²) in [6.07, 6.45) is 3.58. The lowest BCUT2D eigenvalue weighted by molar-refractivity contribution is -0.124. The lowest BCUT2D eigenvalue weighted by atomic mass is 9.83. The highest BCUT2D eigenvalue weighted by Gasteiger charge is 2.31. The van der Waals surface area contributed by atoms with Crippen molar-refractivity contribution in [3.63, 3.8) is 0 Å². The van der Waals surface area contributed by atoms with Gasteiger partial charge in [0.2, 0.25) is 11.8 Å². The molecule has 0 unspecified atom stereocenters. The van der Waals surface area contributed by atoms with Crippen LogP contribution in [0.3, 0.4) is 0 Å². The van der Waals surface area contributed by atoms with E-state index in [-0.39, 0.29) is 23.8 Å². The molecular weight excluding hydrogens is 285 g/mol. The number of carbonyl (C=O) groups is 2. The van der Waals surface area contributed by atoms with Crippen molar-refractivity contribution < 1.29 is 14.0 Å². The Labute approximate surface area is 129 Å². The summed E-state index contributed by atoms with van der Waals surface area (Å²) in [4.78, 5) is 23.6. The third-order valence-corrected chi connectivity index (χ3v) is 4.08. The van der Waals surface area contributed by atoms with Crippen molar-refractivity contribution >= 4 is 17.5 Å². The molecule has 1 aliphatic rings. The van der Waals surface area contributed by atoms with Crippen LogP contribution in [0.5, 0.6) is 0 Å². The highest BCUT2D eigenvalue weighted by molar-refractivity contribution is 5.94. The zero-order valence-electron chi connectivity index (χ0n) is 12.6. The fraction of sp³-hybridized carbons (Fsp3) is 0.500. The van der Waals surface area contributed by atoms with Crippen LogP contribution in [0.4, 0.5) is 10.1 Å². The second-order valence-corrected chi connectivity index (χ2v) is 5.79. The number of primary amides is 1. The van der Waals surface area contributed by atoms with Gasteiger partial charge >= 0.3 is 0 Å². The van der Waals surface area contributed by atoms with Gasteiger partial charge in [0.25, 0.3) is 0 Å². The molecule has 4 N–H and O–H groups in total. The Morgan fingerprint density at radius 2 is 2.05 bits per heavy atom. The summed E-state index contributed by atoms with van der Waals surface area (Å²) < 4.78 is 13.1. The van der Waals surface area contributed by atoms with Crippen LogP contribution < -0.4 is 16.4 Å².